The minimum absolute atomic E-state index is 0.108. The number of hydrogen-bond acceptors (Lipinski definition) is 4. The van der Waals surface area contributed by atoms with Gasteiger partial charge in [0.15, 0.2) is 5.76 Å². The molecular weight excluding hydrogens is 320 g/mol. The monoisotopic (exact) mass is 338 g/mol. The van der Waals surface area contributed by atoms with E-state index in [0.29, 0.717) is 11.5 Å². The molecule has 1 aromatic rings. The molecule has 0 amide bonds. The number of rotatable bonds is 6. The molecular formula is C11H19BrN2O3S. The molecule has 0 aromatic carbocycles. The zero-order chi connectivity index (χ0) is 13.9. The molecule has 1 unspecified atom stereocenters. The largest absolute Gasteiger partial charge is 0.360 e. The molecule has 0 bridgehead atoms. The lowest BCUT2D eigenvalue weighted by Crippen LogP contribution is -2.39. The van der Waals surface area contributed by atoms with Gasteiger partial charge in [-0.25, -0.2) is 13.1 Å². The van der Waals surface area contributed by atoms with E-state index in [9.17, 15) is 8.42 Å². The zero-order valence-corrected chi connectivity index (χ0v) is 13.4. The fraction of sp³-hybridized carbons (Fsp3) is 0.727. The van der Waals surface area contributed by atoms with Crippen LogP contribution in [0.25, 0.3) is 0 Å². The van der Waals surface area contributed by atoms with Crippen molar-refractivity contribution in [2.24, 2.45) is 5.92 Å². The molecule has 5 nitrogen and oxygen atoms in total. The summed E-state index contributed by atoms with van der Waals surface area (Å²) in [5.74, 6) is 0.541. The van der Waals surface area contributed by atoms with Crippen molar-refractivity contribution in [2.45, 2.75) is 45.1 Å². The Labute approximate surface area is 116 Å². The van der Waals surface area contributed by atoms with E-state index in [0.717, 1.165) is 11.8 Å². The van der Waals surface area contributed by atoms with Crippen LogP contribution in [-0.2, 0) is 10.0 Å². The van der Waals surface area contributed by atoms with Gasteiger partial charge in [-0.15, -0.1) is 0 Å². The highest BCUT2D eigenvalue weighted by Crippen LogP contribution is 2.20. The van der Waals surface area contributed by atoms with E-state index >= 15 is 0 Å². The zero-order valence-electron chi connectivity index (χ0n) is 11.0. The number of sulfonamides is 1. The van der Waals surface area contributed by atoms with Gasteiger partial charge < -0.3 is 4.52 Å². The van der Waals surface area contributed by atoms with Gasteiger partial charge in [-0.2, -0.15) is 0 Å². The van der Waals surface area contributed by atoms with Crippen LogP contribution in [0.4, 0.5) is 0 Å². The van der Waals surface area contributed by atoms with Gasteiger partial charge in [0.2, 0.25) is 10.0 Å². The molecule has 1 aromatic heterocycles. The predicted molar refractivity (Wildman–Crippen MR) is 73.3 cm³/mol. The van der Waals surface area contributed by atoms with E-state index in [1.54, 1.807) is 13.8 Å². The van der Waals surface area contributed by atoms with Crippen LogP contribution in [0.15, 0.2) is 9.42 Å². The molecule has 0 saturated heterocycles. The molecule has 1 heterocycles. The first-order valence-electron chi connectivity index (χ1n) is 5.80. The molecule has 7 heteroatoms. The van der Waals surface area contributed by atoms with Crippen molar-refractivity contribution in [1.29, 1.82) is 0 Å². The summed E-state index contributed by atoms with van der Waals surface area (Å²) in [7, 11) is -3.57. The van der Waals surface area contributed by atoms with E-state index in [1.807, 2.05) is 13.8 Å². The molecule has 1 rings (SSSR count). The van der Waals surface area contributed by atoms with Gasteiger partial charge in [0.1, 0.15) is 10.6 Å². The van der Waals surface area contributed by atoms with E-state index in [1.165, 1.54) is 0 Å². The first kappa shape index (κ1) is 15.7. The molecule has 0 radical (unpaired) electrons. The minimum Gasteiger partial charge on any atom is -0.360 e. The van der Waals surface area contributed by atoms with Gasteiger partial charge in [-0.3, -0.25) is 0 Å². The normalized spacial score (nSPS) is 14.1. The van der Waals surface area contributed by atoms with Gasteiger partial charge in [0, 0.05) is 11.4 Å². The second kappa shape index (κ2) is 6.16. The van der Waals surface area contributed by atoms with Crippen LogP contribution in [0.3, 0.4) is 0 Å². The lowest BCUT2D eigenvalue weighted by molar-refractivity contribution is 0.390. The summed E-state index contributed by atoms with van der Waals surface area (Å²) in [4.78, 5) is 0.155. The second-order valence-electron chi connectivity index (χ2n) is 4.60. The summed E-state index contributed by atoms with van der Waals surface area (Å²) in [6, 6.07) is -0.108. The summed E-state index contributed by atoms with van der Waals surface area (Å²) >= 11 is 3.34. The number of aryl methyl sites for hydroxylation is 2. The number of nitrogens with zero attached hydrogens (tertiary/aromatic N) is 1. The fourth-order valence-corrected chi connectivity index (χ4v) is 4.00. The molecule has 0 saturated carbocycles. The van der Waals surface area contributed by atoms with Crippen LogP contribution in [0.2, 0.25) is 0 Å². The van der Waals surface area contributed by atoms with Crippen molar-refractivity contribution in [3.05, 3.63) is 11.5 Å². The number of alkyl halides is 1. The fourth-order valence-electron chi connectivity index (χ4n) is 1.76. The van der Waals surface area contributed by atoms with Crippen LogP contribution in [-0.4, -0.2) is 24.9 Å². The maximum atomic E-state index is 12.3. The van der Waals surface area contributed by atoms with Crippen LogP contribution in [0.1, 0.15) is 31.7 Å². The quantitative estimate of drug-likeness (QED) is 0.808. The smallest absolute Gasteiger partial charge is 0.246 e. The van der Waals surface area contributed by atoms with E-state index in [4.69, 9.17) is 4.52 Å². The molecule has 0 aliphatic rings. The van der Waals surface area contributed by atoms with Crippen LogP contribution in [0, 0.1) is 19.8 Å². The van der Waals surface area contributed by atoms with Gasteiger partial charge in [0.05, 0.1) is 0 Å². The van der Waals surface area contributed by atoms with Crippen LogP contribution >= 0.6 is 15.9 Å². The Kier molecular flexibility index (Phi) is 5.36. The Morgan fingerprint density at radius 2 is 2.00 bits per heavy atom. The van der Waals surface area contributed by atoms with Crippen molar-refractivity contribution < 1.29 is 12.9 Å². The Bertz CT molecular complexity index is 477. The van der Waals surface area contributed by atoms with Crippen LogP contribution in [0.5, 0.6) is 0 Å². The van der Waals surface area contributed by atoms with Gasteiger partial charge >= 0.3 is 0 Å². The molecule has 18 heavy (non-hydrogen) atoms. The number of hydrogen-bond donors (Lipinski definition) is 1. The summed E-state index contributed by atoms with van der Waals surface area (Å²) in [5, 5.41) is 4.43. The molecule has 0 spiro atoms. The van der Waals surface area contributed by atoms with Crippen molar-refractivity contribution in [1.82, 2.24) is 9.88 Å². The Balaban J connectivity index is 3.01. The van der Waals surface area contributed by atoms with Gasteiger partial charge in [-0.1, -0.05) is 34.9 Å². The summed E-state index contributed by atoms with van der Waals surface area (Å²) in [6.45, 7) is 7.20. The van der Waals surface area contributed by atoms with Crippen molar-refractivity contribution in [3.63, 3.8) is 0 Å². The number of halogens is 1. The molecule has 104 valence electrons. The summed E-state index contributed by atoms with van der Waals surface area (Å²) in [6.07, 6.45) is 0.736. The molecule has 0 aliphatic carbocycles. The third-order valence-electron chi connectivity index (χ3n) is 2.77. The van der Waals surface area contributed by atoms with Crippen molar-refractivity contribution >= 4 is 26.0 Å². The van der Waals surface area contributed by atoms with Crippen molar-refractivity contribution in [2.75, 3.05) is 5.33 Å². The third-order valence-corrected chi connectivity index (χ3v) is 4.96. The Morgan fingerprint density at radius 1 is 1.39 bits per heavy atom. The maximum absolute atomic E-state index is 12.3. The van der Waals surface area contributed by atoms with Crippen molar-refractivity contribution in [3.8, 4) is 0 Å². The molecule has 0 fully saturated rings. The highest BCUT2D eigenvalue weighted by molar-refractivity contribution is 9.09. The average Bonchev–Trinajstić information content (AvgIpc) is 2.58. The SMILES string of the molecule is Cc1noc(C)c1S(=O)(=O)NC(CCBr)C(C)C. The predicted octanol–water partition coefficient (Wildman–Crippen LogP) is 2.38. The highest BCUT2D eigenvalue weighted by atomic mass is 79.9. The topological polar surface area (TPSA) is 72.2 Å². The van der Waals surface area contributed by atoms with Gasteiger partial charge in [-0.05, 0) is 26.2 Å². The molecule has 1 N–H and O–H groups in total. The first-order chi connectivity index (χ1) is 8.29. The highest BCUT2D eigenvalue weighted by Gasteiger charge is 2.27. The molecule has 0 aliphatic heterocycles. The minimum atomic E-state index is -3.57. The van der Waals surface area contributed by atoms with E-state index in [2.05, 4.69) is 25.8 Å². The Morgan fingerprint density at radius 3 is 2.39 bits per heavy atom. The summed E-state index contributed by atoms with van der Waals surface area (Å²) in [5.41, 5.74) is 0.390. The number of nitrogens with one attached hydrogen (secondary N) is 1. The first-order valence-corrected chi connectivity index (χ1v) is 8.41. The third kappa shape index (κ3) is 3.55. The number of aromatic nitrogens is 1. The average molecular weight is 339 g/mol. The lowest BCUT2D eigenvalue weighted by atomic mass is 10.0. The maximum Gasteiger partial charge on any atom is 0.246 e. The lowest BCUT2D eigenvalue weighted by Gasteiger charge is -2.21. The summed E-state index contributed by atoms with van der Waals surface area (Å²) < 4.78 is 32.2. The van der Waals surface area contributed by atoms with Crippen LogP contribution < -0.4 is 4.72 Å². The second-order valence-corrected chi connectivity index (χ2v) is 7.05. The van der Waals surface area contributed by atoms with Gasteiger partial charge in [0.25, 0.3) is 0 Å². The standard InChI is InChI=1S/C11H19BrN2O3S/c1-7(2)10(5-6-12)14-18(15,16)11-8(3)13-17-9(11)4/h7,10,14H,5-6H2,1-4H3. The van der Waals surface area contributed by atoms with E-state index < -0.39 is 10.0 Å². The molecule has 1 atom stereocenters. The van der Waals surface area contributed by atoms with E-state index in [-0.39, 0.29) is 16.9 Å². The Hall–Kier alpha value is -0.400.